The molecule has 0 bridgehead atoms. The van der Waals surface area contributed by atoms with Crippen LogP contribution in [0.15, 0.2) is 59.0 Å². The van der Waals surface area contributed by atoms with E-state index in [2.05, 4.69) is 64.0 Å². The van der Waals surface area contributed by atoms with Gasteiger partial charge >= 0.3 is 0 Å². The van der Waals surface area contributed by atoms with E-state index < -0.39 is 0 Å². The van der Waals surface area contributed by atoms with Crippen molar-refractivity contribution in [3.63, 3.8) is 0 Å². The molecule has 0 radical (unpaired) electrons. The molecule has 0 N–H and O–H groups in total. The zero-order valence-corrected chi connectivity index (χ0v) is 12.7. The molecule has 0 unspecified atom stereocenters. The third kappa shape index (κ3) is 3.95. The normalized spacial score (nSPS) is 14.4. The smallest absolute Gasteiger partial charge is 0.0624 e. The molecule has 1 aromatic heterocycles. The van der Waals surface area contributed by atoms with Crippen LogP contribution in [0.4, 0.5) is 0 Å². The maximum absolute atomic E-state index is 4.65. The molecule has 0 atom stereocenters. The number of allylic oxidation sites excluding steroid dienone is 1. The van der Waals surface area contributed by atoms with E-state index in [-0.39, 0.29) is 12.4 Å². The van der Waals surface area contributed by atoms with Gasteiger partial charge in [0, 0.05) is 17.8 Å². The highest BCUT2D eigenvalue weighted by Crippen LogP contribution is 2.15. The average Bonchev–Trinajstić information content (AvgIpc) is 3.09. The van der Waals surface area contributed by atoms with Gasteiger partial charge in [0.25, 0.3) is 0 Å². The highest BCUT2D eigenvalue weighted by atomic mass is 35.5. The molecular formula is C16H17ClN2S. The van der Waals surface area contributed by atoms with Gasteiger partial charge in [-0.05, 0) is 29.2 Å². The fraction of sp³-hybridized carbons (Fsp3) is 0.188. The molecule has 2 nitrogen and oxygen atoms in total. The van der Waals surface area contributed by atoms with Crippen LogP contribution < -0.4 is 0 Å². The third-order valence-electron chi connectivity index (χ3n) is 3.09. The molecule has 1 aliphatic heterocycles. The molecule has 1 aliphatic rings. The molecule has 0 aliphatic carbocycles. The molecule has 0 saturated heterocycles. The van der Waals surface area contributed by atoms with Crippen LogP contribution in [0.3, 0.4) is 0 Å². The third-order valence-corrected chi connectivity index (χ3v) is 3.92. The SMILES string of the molecule is C(=C\c1cccs1)/C1=NN(Cc2ccccc2)CC1.Cl. The number of rotatable bonds is 4. The monoisotopic (exact) mass is 304 g/mol. The maximum atomic E-state index is 4.65. The summed E-state index contributed by atoms with van der Waals surface area (Å²) >= 11 is 1.75. The summed E-state index contributed by atoms with van der Waals surface area (Å²) in [5.41, 5.74) is 2.49. The Balaban J connectivity index is 0.00000147. The van der Waals surface area contributed by atoms with Crippen LogP contribution in [0.2, 0.25) is 0 Å². The van der Waals surface area contributed by atoms with Gasteiger partial charge in [-0.2, -0.15) is 5.10 Å². The molecule has 1 aromatic carbocycles. The van der Waals surface area contributed by atoms with Crippen molar-refractivity contribution in [3.8, 4) is 0 Å². The largest absolute Gasteiger partial charge is 0.292 e. The van der Waals surface area contributed by atoms with Crippen molar-refractivity contribution in [2.24, 2.45) is 5.10 Å². The van der Waals surface area contributed by atoms with E-state index in [0.717, 1.165) is 19.5 Å². The van der Waals surface area contributed by atoms with Gasteiger partial charge in [0.2, 0.25) is 0 Å². The molecule has 0 spiro atoms. The summed E-state index contributed by atoms with van der Waals surface area (Å²) in [7, 11) is 0. The standard InChI is InChI=1S/C16H16N2S.ClH/c1-2-5-14(6-3-1)13-18-11-10-15(17-18)8-9-16-7-4-12-19-16;/h1-9,12H,10-11,13H2;1H/b9-8+;. The van der Waals surface area contributed by atoms with Crippen molar-refractivity contribution in [1.82, 2.24) is 5.01 Å². The molecule has 20 heavy (non-hydrogen) atoms. The molecule has 4 heteroatoms. The van der Waals surface area contributed by atoms with Gasteiger partial charge in [0.1, 0.15) is 0 Å². The minimum absolute atomic E-state index is 0. The second kappa shape index (κ2) is 7.27. The average molecular weight is 305 g/mol. The second-order valence-corrected chi connectivity index (χ2v) is 5.54. The first kappa shape index (κ1) is 14.8. The Morgan fingerprint density at radius 3 is 2.70 bits per heavy atom. The summed E-state index contributed by atoms with van der Waals surface area (Å²) in [4.78, 5) is 1.28. The molecule has 0 saturated carbocycles. The highest BCUT2D eigenvalue weighted by Gasteiger charge is 2.12. The summed E-state index contributed by atoms with van der Waals surface area (Å²) < 4.78 is 0. The molecule has 3 rings (SSSR count). The fourth-order valence-electron chi connectivity index (χ4n) is 2.11. The molecular weight excluding hydrogens is 288 g/mol. The van der Waals surface area contributed by atoms with Crippen LogP contribution in [0, 0.1) is 0 Å². The van der Waals surface area contributed by atoms with Crippen LogP contribution >= 0.6 is 23.7 Å². The number of thiophene rings is 1. The Morgan fingerprint density at radius 1 is 1.10 bits per heavy atom. The van der Waals surface area contributed by atoms with E-state index in [1.165, 1.54) is 16.2 Å². The van der Waals surface area contributed by atoms with Crippen molar-refractivity contribution in [2.45, 2.75) is 13.0 Å². The number of nitrogens with zero attached hydrogens (tertiary/aromatic N) is 2. The number of halogens is 1. The van der Waals surface area contributed by atoms with E-state index in [9.17, 15) is 0 Å². The lowest BCUT2D eigenvalue weighted by Crippen LogP contribution is -2.12. The molecule has 0 amide bonds. The van der Waals surface area contributed by atoms with Gasteiger partial charge in [-0.1, -0.05) is 36.4 Å². The summed E-state index contributed by atoms with van der Waals surface area (Å²) in [6, 6.07) is 14.7. The lowest BCUT2D eigenvalue weighted by atomic mass is 10.2. The Kier molecular flexibility index (Phi) is 5.39. The number of hydrogen-bond donors (Lipinski definition) is 0. The first-order valence-electron chi connectivity index (χ1n) is 6.48. The van der Waals surface area contributed by atoms with Crippen molar-refractivity contribution in [3.05, 3.63) is 64.4 Å². The second-order valence-electron chi connectivity index (χ2n) is 4.56. The van der Waals surface area contributed by atoms with E-state index in [1.807, 2.05) is 6.07 Å². The minimum Gasteiger partial charge on any atom is -0.292 e. The first-order valence-corrected chi connectivity index (χ1v) is 7.36. The van der Waals surface area contributed by atoms with Gasteiger partial charge in [0.05, 0.1) is 12.3 Å². The van der Waals surface area contributed by atoms with Crippen LogP contribution in [-0.2, 0) is 6.54 Å². The molecule has 2 heterocycles. The van der Waals surface area contributed by atoms with Crippen LogP contribution in [0.25, 0.3) is 6.08 Å². The summed E-state index contributed by atoms with van der Waals surface area (Å²) in [6.07, 6.45) is 5.32. The zero-order valence-electron chi connectivity index (χ0n) is 11.1. The van der Waals surface area contributed by atoms with Crippen LogP contribution in [-0.4, -0.2) is 17.3 Å². The van der Waals surface area contributed by atoms with Crippen LogP contribution in [0.1, 0.15) is 16.9 Å². The van der Waals surface area contributed by atoms with Gasteiger partial charge in [0.15, 0.2) is 0 Å². The lowest BCUT2D eigenvalue weighted by molar-refractivity contribution is 0.310. The Labute approximate surface area is 129 Å². The maximum Gasteiger partial charge on any atom is 0.0624 e. The molecule has 2 aromatic rings. The van der Waals surface area contributed by atoms with Crippen molar-refractivity contribution < 1.29 is 0 Å². The topological polar surface area (TPSA) is 15.6 Å². The highest BCUT2D eigenvalue weighted by molar-refractivity contribution is 7.10. The Bertz CT molecular complexity index is 576. The number of hydrazone groups is 1. The van der Waals surface area contributed by atoms with Gasteiger partial charge < -0.3 is 0 Å². The summed E-state index contributed by atoms with van der Waals surface area (Å²) in [6.45, 7) is 1.91. The van der Waals surface area contributed by atoms with E-state index >= 15 is 0 Å². The predicted octanol–water partition coefficient (Wildman–Crippen LogP) is 4.45. The van der Waals surface area contributed by atoms with E-state index in [4.69, 9.17) is 0 Å². The molecule has 0 fully saturated rings. The van der Waals surface area contributed by atoms with Crippen molar-refractivity contribution >= 4 is 35.5 Å². The quantitative estimate of drug-likeness (QED) is 0.815. The number of hydrogen-bond acceptors (Lipinski definition) is 3. The lowest BCUT2D eigenvalue weighted by Gasteiger charge is -2.12. The van der Waals surface area contributed by atoms with Crippen molar-refractivity contribution in [1.29, 1.82) is 0 Å². The number of benzene rings is 1. The predicted molar refractivity (Wildman–Crippen MR) is 89.5 cm³/mol. The van der Waals surface area contributed by atoms with Crippen LogP contribution in [0.5, 0.6) is 0 Å². The minimum atomic E-state index is 0. The van der Waals surface area contributed by atoms with E-state index in [1.54, 1.807) is 11.3 Å². The Hall–Kier alpha value is -1.58. The first-order chi connectivity index (χ1) is 9.40. The fourth-order valence-corrected chi connectivity index (χ4v) is 2.73. The van der Waals surface area contributed by atoms with Gasteiger partial charge in [-0.15, -0.1) is 23.7 Å². The summed E-state index contributed by atoms with van der Waals surface area (Å²) in [5.74, 6) is 0. The Morgan fingerprint density at radius 2 is 1.95 bits per heavy atom. The summed E-state index contributed by atoms with van der Waals surface area (Å²) in [5, 5.41) is 8.89. The van der Waals surface area contributed by atoms with E-state index in [0.29, 0.717) is 0 Å². The van der Waals surface area contributed by atoms with Crippen molar-refractivity contribution in [2.75, 3.05) is 6.54 Å². The molecule has 104 valence electrons. The van der Waals surface area contributed by atoms with Gasteiger partial charge in [-0.25, -0.2) is 0 Å². The zero-order chi connectivity index (χ0) is 12.9. The van der Waals surface area contributed by atoms with Gasteiger partial charge in [-0.3, -0.25) is 5.01 Å².